The highest BCUT2D eigenvalue weighted by molar-refractivity contribution is 5.93. The molecule has 3 heterocycles. The molecule has 0 radical (unpaired) electrons. The molecule has 0 spiro atoms. The summed E-state index contributed by atoms with van der Waals surface area (Å²) in [6.45, 7) is 3.30. The zero-order valence-electron chi connectivity index (χ0n) is 14.1. The highest BCUT2D eigenvalue weighted by Gasteiger charge is 2.27. The molecule has 0 N–H and O–H groups in total. The lowest BCUT2D eigenvalue weighted by molar-refractivity contribution is -0.0247. The van der Waals surface area contributed by atoms with E-state index >= 15 is 0 Å². The summed E-state index contributed by atoms with van der Waals surface area (Å²) in [4.78, 5) is 29.1. The van der Waals surface area contributed by atoms with Crippen molar-refractivity contribution in [2.75, 3.05) is 38.7 Å². The van der Waals surface area contributed by atoms with Crippen LogP contribution in [0.4, 0.5) is 5.82 Å². The molecule has 126 valence electrons. The minimum absolute atomic E-state index is 0.0768. The van der Waals surface area contributed by atoms with Gasteiger partial charge in [0.1, 0.15) is 17.7 Å². The van der Waals surface area contributed by atoms with Crippen LogP contribution in [0, 0.1) is 6.92 Å². The van der Waals surface area contributed by atoms with Crippen LogP contribution in [0.3, 0.4) is 0 Å². The van der Waals surface area contributed by atoms with Gasteiger partial charge in [0, 0.05) is 33.0 Å². The van der Waals surface area contributed by atoms with Crippen LogP contribution in [0.1, 0.15) is 28.0 Å². The van der Waals surface area contributed by atoms with Crippen molar-refractivity contribution in [1.82, 2.24) is 19.9 Å². The Morgan fingerprint density at radius 3 is 2.75 bits per heavy atom. The fourth-order valence-electron chi connectivity index (χ4n) is 2.57. The number of hydrogen-bond acceptors (Lipinski definition) is 6. The number of anilines is 1. The number of carbonyl (C=O) groups is 1. The number of aryl methyl sites for hydroxylation is 1. The number of amides is 1. The van der Waals surface area contributed by atoms with Gasteiger partial charge in [-0.2, -0.15) is 0 Å². The fourth-order valence-corrected chi connectivity index (χ4v) is 2.57. The molecular weight excluding hydrogens is 306 g/mol. The molecule has 2 aromatic rings. The number of ether oxygens (including phenoxy) is 1. The Kier molecular flexibility index (Phi) is 4.71. The van der Waals surface area contributed by atoms with E-state index in [4.69, 9.17) is 4.74 Å². The zero-order chi connectivity index (χ0) is 17.1. The van der Waals surface area contributed by atoms with Gasteiger partial charge in [-0.25, -0.2) is 15.0 Å². The van der Waals surface area contributed by atoms with Crippen LogP contribution in [0.5, 0.6) is 0 Å². The van der Waals surface area contributed by atoms with E-state index in [-0.39, 0.29) is 12.0 Å². The molecular formula is C17H21N5O2. The predicted molar refractivity (Wildman–Crippen MR) is 89.9 cm³/mol. The van der Waals surface area contributed by atoms with Crippen molar-refractivity contribution in [2.24, 2.45) is 0 Å². The lowest BCUT2D eigenvalue weighted by Gasteiger charge is -2.32. The van der Waals surface area contributed by atoms with E-state index in [9.17, 15) is 4.79 Å². The third-order valence-electron chi connectivity index (χ3n) is 3.93. The SMILES string of the molecule is Cc1ncc(C(=O)N2CCOC(c3cccc(N(C)C)n3)C2)cn1. The summed E-state index contributed by atoms with van der Waals surface area (Å²) >= 11 is 0. The third-order valence-corrected chi connectivity index (χ3v) is 3.93. The monoisotopic (exact) mass is 327 g/mol. The molecule has 0 aromatic carbocycles. The normalized spacial score (nSPS) is 17.6. The average molecular weight is 327 g/mol. The Morgan fingerprint density at radius 1 is 1.29 bits per heavy atom. The molecule has 2 aromatic heterocycles. The van der Waals surface area contributed by atoms with Crippen LogP contribution in [0.15, 0.2) is 30.6 Å². The van der Waals surface area contributed by atoms with Crippen molar-refractivity contribution < 1.29 is 9.53 Å². The minimum Gasteiger partial charge on any atom is -0.368 e. The summed E-state index contributed by atoms with van der Waals surface area (Å²) in [7, 11) is 3.89. The smallest absolute Gasteiger partial charge is 0.257 e. The van der Waals surface area contributed by atoms with Crippen molar-refractivity contribution in [3.05, 3.63) is 47.7 Å². The summed E-state index contributed by atoms with van der Waals surface area (Å²) < 4.78 is 5.83. The van der Waals surface area contributed by atoms with Crippen LogP contribution >= 0.6 is 0 Å². The highest BCUT2D eigenvalue weighted by atomic mass is 16.5. The Morgan fingerprint density at radius 2 is 2.04 bits per heavy atom. The van der Waals surface area contributed by atoms with E-state index < -0.39 is 0 Å². The minimum atomic E-state index is -0.228. The van der Waals surface area contributed by atoms with E-state index in [1.807, 2.05) is 37.2 Å². The first-order valence-electron chi connectivity index (χ1n) is 7.88. The van der Waals surface area contributed by atoms with E-state index in [0.717, 1.165) is 11.5 Å². The molecule has 24 heavy (non-hydrogen) atoms. The van der Waals surface area contributed by atoms with Crippen molar-refractivity contribution in [1.29, 1.82) is 0 Å². The van der Waals surface area contributed by atoms with Gasteiger partial charge < -0.3 is 14.5 Å². The second kappa shape index (κ2) is 6.92. The van der Waals surface area contributed by atoms with E-state index in [0.29, 0.717) is 31.1 Å². The van der Waals surface area contributed by atoms with Crippen LogP contribution < -0.4 is 4.90 Å². The summed E-state index contributed by atoms with van der Waals surface area (Å²) in [6.07, 6.45) is 2.91. The molecule has 1 amide bonds. The van der Waals surface area contributed by atoms with Gasteiger partial charge in [-0.3, -0.25) is 4.79 Å². The first kappa shape index (κ1) is 16.3. The van der Waals surface area contributed by atoms with Crippen LogP contribution in [0.25, 0.3) is 0 Å². The Labute approximate surface area is 141 Å². The Balaban J connectivity index is 1.75. The lowest BCUT2D eigenvalue weighted by atomic mass is 10.1. The predicted octanol–water partition coefficient (Wildman–Crippen LogP) is 1.46. The maximum atomic E-state index is 12.6. The number of morpholine rings is 1. The molecule has 3 rings (SSSR count). The lowest BCUT2D eigenvalue weighted by Crippen LogP contribution is -2.42. The van der Waals surface area contributed by atoms with E-state index in [1.54, 1.807) is 24.2 Å². The molecule has 7 nitrogen and oxygen atoms in total. The molecule has 7 heteroatoms. The fraction of sp³-hybridized carbons (Fsp3) is 0.412. The Bertz CT molecular complexity index is 717. The molecule has 0 aliphatic carbocycles. The van der Waals surface area contributed by atoms with Crippen molar-refractivity contribution in [2.45, 2.75) is 13.0 Å². The number of carbonyl (C=O) groups excluding carboxylic acids is 1. The average Bonchev–Trinajstić information content (AvgIpc) is 2.62. The number of pyridine rings is 1. The molecule has 1 saturated heterocycles. The molecule has 1 atom stereocenters. The molecule has 1 unspecified atom stereocenters. The van der Waals surface area contributed by atoms with Crippen molar-refractivity contribution in [3.63, 3.8) is 0 Å². The Hall–Kier alpha value is -2.54. The van der Waals surface area contributed by atoms with Crippen molar-refractivity contribution >= 4 is 11.7 Å². The number of hydrogen-bond donors (Lipinski definition) is 0. The zero-order valence-corrected chi connectivity index (χ0v) is 14.1. The number of nitrogens with zero attached hydrogens (tertiary/aromatic N) is 5. The summed E-state index contributed by atoms with van der Waals surface area (Å²) in [5.74, 6) is 1.44. The molecule has 1 aliphatic rings. The highest BCUT2D eigenvalue weighted by Crippen LogP contribution is 2.23. The van der Waals surface area contributed by atoms with Crippen LogP contribution in [-0.2, 0) is 4.74 Å². The standard InChI is InChI=1S/C17H21N5O2/c1-12-18-9-13(10-19-12)17(23)22-7-8-24-15(11-22)14-5-4-6-16(20-14)21(2)3/h4-6,9-10,15H,7-8,11H2,1-3H3. The largest absolute Gasteiger partial charge is 0.368 e. The molecule has 1 fully saturated rings. The van der Waals surface area contributed by atoms with Gasteiger partial charge in [-0.15, -0.1) is 0 Å². The topological polar surface area (TPSA) is 71.5 Å². The quantitative estimate of drug-likeness (QED) is 0.850. The van der Waals surface area contributed by atoms with Gasteiger partial charge in [-0.05, 0) is 19.1 Å². The molecule has 0 bridgehead atoms. The van der Waals surface area contributed by atoms with Crippen LogP contribution in [0.2, 0.25) is 0 Å². The van der Waals surface area contributed by atoms with Crippen LogP contribution in [-0.4, -0.2) is 59.6 Å². The van der Waals surface area contributed by atoms with Gasteiger partial charge >= 0.3 is 0 Å². The van der Waals surface area contributed by atoms with Crippen molar-refractivity contribution in [3.8, 4) is 0 Å². The maximum Gasteiger partial charge on any atom is 0.257 e. The van der Waals surface area contributed by atoms with Gasteiger partial charge in [0.05, 0.1) is 24.4 Å². The second-order valence-electron chi connectivity index (χ2n) is 5.94. The third kappa shape index (κ3) is 3.51. The summed E-state index contributed by atoms with van der Waals surface area (Å²) in [6, 6.07) is 5.83. The van der Waals surface area contributed by atoms with Gasteiger partial charge in [0.25, 0.3) is 5.91 Å². The molecule has 0 saturated carbocycles. The van der Waals surface area contributed by atoms with Gasteiger partial charge in [-0.1, -0.05) is 6.07 Å². The first-order chi connectivity index (χ1) is 11.5. The maximum absolute atomic E-state index is 12.6. The van der Waals surface area contributed by atoms with E-state index in [2.05, 4.69) is 15.0 Å². The summed E-state index contributed by atoms with van der Waals surface area (Å²) in [5, 5.41) is 0. The second-order valence-corrected chi connectivity index (χ2v) is 5.94. The van der Waals surface area contributed by atoms with Gasteiger partial charge in [0.2, 0.25) is 0 Å². The molecule has 1 aliphatic heterocycles. The van der Waals surface area contributed by atoms with E-state index in [1.165, 1.54) is 0 Å². The number of rotatable bonds is 3. The van der Waals surface area contributed by atoms with Gasteiger partial charge in [0.15, 0.2) is 0 Å². The number of aromatic nitrogens is 3. The summed E-state index contributed by atoms with van der Waals surface area (Å²) in [5.41, 5.74) is 1.33. The first-order valence-corrected chi connectivity index (χ1v) is 7.88.